The highest BCUT2D eigenvalue weighted by atomic mass is 16.5. The van der Waals surface area contributed by atoms with E-state index >= 15 is 0 Å². The first-order valence-corrected chi connectivity index (χ1v) is 7.93. The summed E-state index contributed by atoms with van der Waals surface area (Å²) >= 11 is 0. The lowest BCUT2D eigenvalue weighted by molar-refractivity contribution is -0.118. The quantitative estimate of drug-likeness (QED) is 0.709. The number of anilines is 1. The molecule has 0 aliphatic rings. The Balaban J connectivity index is 2.08. The smallest absolute Gasteiger partial charge is 0.341 e. The zero-order valence-electron chi connectivity index (χ0n) is 15.5. The summed E-state index contributed by atoms with van der Waals surface area (Å²) in [5.41, 5.74) is 0.706. The second kappa shape index (κ2) is 9.33. The Morgan fingerprint density at radius 1 is 0.852 bits per heavy atom. The van der Waals surface area contributed by atoms with Crippen molar-refractivity contribution in [3.8, 4) is 23.0 Å². The van der Waals surface area contributed by atoms with E-state index in [-0.39, 0.29) is 17.9 Å². The molecule has 8 nitrogen and oxygen atoms in total. The number of ether oxygens (including phenoxy) is 5. The molecule has 2 aromatic carbocycles. The third-order valence-corrected chi connectivity index (χ3v) is 3.62. The molecule has 0 heterocycles. The van der Waals surface area contributed by atoms with E-state index in [1.165, 1.54) is 40.6 Å². The SMILES string of the molecule is COC(=O)c1ccc(OC)cc1OCC(=O)Nc1ccc(OC)c(OC)c1. The summed E-state index contributed by atoms with van der Waals surface area (Å²) in [6, 6.07) is 9.59. The van der Waals surface area contributed by atoms with Crippen molar-refractivity contribution in [1.29, 1.82) is 0 Å². The second-order valence-electron chi connectivity index (χ2n) is 5.26. The van der Waals surface area contributed by atoms with Crippen molar-refractivity contribution < 1.29 is 33.3 Å². The van der Waals surface area contributed by atoms with Gasteiger partial charge in [-0.25, -0.2) is 4.79 Å². The number of benzene rings is 2. The van der Waals surface area contributed by atoms with Crippen LogP contribution in [-0.2, 0) is 9.53 Å². The maximum Gasteiger partial charge on any atom is 0.341 e. The zero-order valence-corrected chi connectivity index (χ0v) is 15.5. The summed E-state index contributed by atoms with van der Waals surface area (Å²) in [7, 11) is 5.78. The lowest BCUT2D eigenvalue weighted by Gasteiger charge is -2.13. The fourth-order valence-electron chi connectivity index (χ4n) is 2.28. The molecule has 2 aromatic rings. The Labute approximate surface area is 156 Å². The number of nitrogens with one attached hydrogen (secondary N) is 1. The molecule has 0 saturated heterocycles. The molecule has 0 aliphatic carbocycles. The Morgan fingerprint density at radius 2 is 1.59 bits per heavy atom. The van der Waals surface area contributed by atoms with E-state index in [9.17, 15) is 9.59 Å². The molecule has 2 rings (SSSR count). The van der Waals surface area contributed by atoms with Gasteiger partial charge in [0.05, 0.1) is 28.4 Å². The van der Waals surface area contributed by atoms with Crippen LogP contribution >= 0.6 is 0 Å². The largest absolute Gasteiger partial charge is 0.497 e. The Morgan fingerprint density at radius 3 is 2.22 bits per heavy atom. The monoisotopic (exact) mass is 375 g/mol. The standard InChI is InChI=1S/C19H21NO7/c1-23-13-6-7-14(19(22)26-4)16(10-13)27-11-18(21)20-12-5-8-15(24-2)17(9-12)25-3/h5-10H,11H2,1-4H3,(H,20,21). The molecule has 0 radical (unpaired) electrons. The molecule has 0 atom stereocenters. The lowest BCUT2D eigenvalue weighted by Crippen LogP contribution is -2.21. The van der Waals surface area contributed by atoms with Crippen LogP contribution in [0.4, 0.5) is 5.69 Å². The molecule has 0 bridgehead atoms. The summed E-state index contributed by atoms with van der Waals surface area (Å²) in [5, 5.41) is 2.68. The summed E-state index contributed by atoms with van der Waals surface area (Å²) in [4.78, 5) is 24.0. The first-order chi connectivity index (χ1) is 13.0. The predicted octanol–water partition coefficient (Wildman–Crippen LogP) is 2.52. The molecule has 0 spiro atoms. The summed E-state index contributed by atoms with van der Waals surface area (Å²) in [5.74, 6) is 0.707. The molecule has 144 valence electrons. The van der Waals surface area contributed by atoms with Gasteiger partial charge in [-0.1, -0.05) is 0 Å². The molecule has 8 heteroatoms. The minimum atomic E-state index is -0.576. The first kappa shape index (κ1) is 19.9. The van der Waals surface area contributed by atoms with Crippen LogP contribution in [0, 0.1) is 0 Å². The van der Waals surface area contributed by atoms with Gasteiger partial charge < -0.3 is 29.0 Å². The number of hydrogen-bond acceptors (Lipinski definition) is 7. The Hall–Kier alpha value is -3.42. The van der Waals surface area contributed by atoms with Crippen molar-refractivity contribution in [3.63, 3.8) is 0 Å². The van der Waals surface area contributed by atoms with Gasteiger partial charge in [-0.3, -0.25) is 4.79 Å². The van der Waals surface area contributed by atoms with Crippen LogP contribution in [0.3, 0.4) is 0 Å². The van der Waals surface area contributed by atoms with Gasteiger partial charge in [-0.2, -0.15) is 0 Å². The van der Waals surface area contributed by atoms with E-state index in [0.717, 1.165) is 0 Å². The van der Waals surface area contributed by atoms with Crippen LogP contribution in [0.5, 0.6) is 23.0 Å². The van der Waals surface area contributed by atoms with Crippen molar-refractivity contribution in [2.24, 2.45) is 0 Å². The Kier molecular flexibility index (Phi) is 6.87. The van der Waals surface area contributed by atoms with Crippen LogP contribution in [0.1, 0.15) is 10.4 Å². The average Bonchev–Trinajstić information content (AvgIpc) is 2.71. The van der Waals surface area contributed by atoms with Crippen LogP contribution in [0.2, 0.25) is 0 Å². The zero-order chi connectivity index (χ0) is 19.8. The summed E-state index contributed by atoms with van der Waals surface area (Å²) in [6.07, 6.45) is 0. The minimum Gasteiger partial charge on any atom is -0.497 e. The number of amides is 1. The number of carbonyl (C=O) groups is 2. The topological polar surface area (TPSA) is 92.3 Å². The lowest BCUT2D eigenvalue weighted by atomic mass is 10.2. The average molecular weight is 375 g/mol. The number of methoxy groups -OCH3 is 4. The first-order valence-electron chi connectivity index (χ1n) is 7.93. The fourth-order valence-corrected chi connectivity index (χ4v) is 2.28. The molecule has 0 aliphatic heterocycles. The molecule has 0 aromatic heterocycles. The van der Waals surface area contributed by atoms with Gasteiger partial charge >= 0.3 is 5.97 Å². The van der Waals surface area contributed by atoms with Gasteiger partial charge in [0.1, 0.15) is 17.1 Å². The van der Waals surface area contributed by atoms with E-state index in [1.807, 2.05) is 0 Å². The predicted molar refractivity (Wildman–Crippen MR) is 98.0 cm³/mol. The third kappa shape index (κ3) is 5.04. The molecule has 1 N–H and O–H groups in total. The van der Waals surface area contributed by atoms with E-state index in [4.69, 9.17) is 23.7 Å². The van der Waals surface area contributed by atoms with Crippen molar-refractivity contribution in [1.82, 2.24) is 0 Å². The number of rotatable bonds is 8. The molecule has 0 unspecified atom stereocenters. The molecule has 27 heavy (non-hydrogen) atoms. The third-order valence-electron chi connectivity index (χ3n) is 3.62. The summed E-state index contributed by atoms with van der Waals surface area (Å²) in [6.45, 7) is -0.314. The molecule has 0 saturated carbocycles. The van der Waals surface area contributed by atoms with Crippen LogP contribution in [-0.4, -0.2) is 46.9 Å². The van der Waals surface area contributed by atoms with E-state index < -0.39 is 11.9 Å². The van der Waals surface area contributed by atoms with Crippen LogP contribution in [0.15, 0.2) is 36.4 Å². The van der Waals surface area contributed by atoms with Gasteiger partial charge in [-0.05, 0) is 24.3 Å². The summed E-state index contributed by atoms with van der Waals surface area (Å²) < 4.78 is 25.7. The normalized spacial score (nSPS) is 9.93. The van der Waals surface area contributed by atoms with Crippen molar-refractivity contribution in [2.75, 3.05) is 40.4 Å². The number of hydrogen-bond donors (Lipinski definition) is 1. The van der Waals surface area contributed by atoms with Gasteiger partial charge in [-0.15, -0.1) is 0 Å². The van der Waals surface area contributed by atoms with Gasteiger partial charge in [0, 0.05) is 17.8 Å². The van der Waals surface area contributed by atoms with E-state index in [2.05, 4.69) is 5.32 Å². The highest BCUT2D eigenvalue weighted by Crippen LogP contribution is 2.30. The molecular formula is C19H21NO7. The maximum absolute atomic E-state index is 12.2. The second-order valence-corrected chi connectivity index (χ2v) is 5.26. The molecule has 1 amide bonds. The van der Waals surface area contributed by atoms with Crippen molar-refractivity contribution >= 4 is 17.6 Å². The van der Waals surface area contributed by atoms with E-state index in [1.54, 1.807) is 24.3 Å². The van der Waals surface area contributed by atoms with Crippen LogP contribution < -0.4 is 24.3 Å². The van der Waals surface area contributed by atoms with E-state index in [0.29, 0.717) is 22.9 Å². The highest BCUT2D eigenvalue weighted by Gasteiger charge is 2.16. The molecule has 0 fully saturated rings. The fraction of sp³-hybridized carbons (Fsp3) is 0.263. The van der Waals surface area contributed by atoms with Gasteiger partial charge in [0.15, 0.2) is 18.1 Å². The van der Waals surface area contributed by atoms with Gasteiger partial charge in [0.2, 0.25) is 0 Å². The maximum atomic E-state index is 12.2. The van der Waals surface area contributed by atoms with Crippen molar-refractivity contribution in [3.05, 3.63) is 42.0 Å². The van der Waals surface area contributed by atoms with Crippen LogP contribution in [0.25, 0.3) is 0 Å². The van der Waals surface area contributed by atoms with Crippen molar-refractivity contribution in [2.45, 2.75) is 0 Å². The molecular weight excluding hydrogens is 354 g/mol. The van der Waals surface area contributed by atoms with Gasteiger partial charge in [0.25, 0.3) is 5.91 Å². The highest BCUT2D eigenvalue weighted by molar-refractivity contribution is 5.94. The Bertz CT molecular complexity index is 820. The number of carbonyl (C=O) groups excluding carboxylic acids is 2. The minimum absolute atomic E-state index is 0.184. The number of esters is 1.